The van der Waals surface area contributed by atoms with Crippen LogP contribution in [0.5, 0.6) is 5.75 Å². The fourth-order valence-electron chi connectivity index (χ4n) is 2.39. The molecule has 0 atom stereocenters. The van der Waals surface area contributed by atoms with Crippen LogP contribution in [-0.2, 0) is 13.6 Å². The minimum Gasteiger partial charge on any atom is -0.495 e. The number of anilines is 1. The van der Waals surface area contributed by atoms with Crippen molar-refractivity contribution in [2.24, 2.45) is 7.05 Å². The van der Waals surface area contributed by atoms with E-state index in [1.54, 1.807) is 7.11 Å². The molecule has 0 unspecified atom stereocenters. The van der Waals surface area contributed by atoms with E-state index in [0.717, 1.165) is 22.6 Å². The van der Waals surface area contributed by atoms with E-state index in [1.165, 1.54) is 5.39 Å². The molecule has 3 rings (SSSR count). The van der Waals surface area contributed by atoms with Gasteiger partial charge in [0.25, 0.3) is 0 Å². The first-order valence-corrected chi connectivity index (χ1v) is 6.57. The average Bonchev–Trinajstić information content (AvgIpc) is 2.82. The Balaban J connectivity index is 1.87. The number of para-hydroxylation sites is 3. The van der Waals surface area contributed by atoms with Gasteiger partial charge < -0.3 is 10.1 Å². The second kappa shape index (κ2) is 5.25. The number of rotatable bonds is 4. The van der Waals surface area contributed by atoms with Gasteiger partial charge in [-0.2, -0.15) is 5.10 Å². The summed E-state index contributed by atoms with van der Waals surface area (Å²) in [6.07, 6.45) is 0. The standard InChI is InChI=1S/C16H17N3O/c1-19-15-9-5-3-7-12(15)14(18-19)11-17-13-8-4-6-10-16(13)20-2/h3-10,17H,11H2,1-2H3. The highest BCUT2D eigenvalue weighted by Gasteiger charge is 2.08. The Morgan fingerprint density at radius 2 is 1.85 bits per heavy atom. The topological polar surface area (TPSA) is 39.1 Å². The van der Waals surface area contributed by atoms with E-state index in [2.05, 4.69) is 22.5 Å². The van der Waals surface area contributed by atoms with Crippen molar-refractivity contribution in [2.45, 2.75) is 6.54 Å². The first-order valence-electron chi connectivity index (χ1n) is 6.57. The highest BCUT2D eigenvalue weighted by Crippen LogP contribution is 2.25. The number of methoxy groups -OCH3 is 1. The number of nitrogens with one attached hydrogen (secondary N) is 1. The minimum atomic E-state index is 0.668. The summed E-state index contributed by atoms with van der Waals surface area (Å²) in [5.41, 5.74) is 3.16. The maximum Gasteiger partial charge on any atom is 0.141 e. The molecular formula is C16H17N3O. The van der Waals surface area contributed by atoms with Crippen LogP contribution in [0.1, 0.15) is 5.69 Å². The van der Waals surface area contributed by atoms with Crippen molar-refractivity contribution >= 4 is 16.6 Å². The van der Waals surface area contributed by atoms with Gasteiger partial charge in [-0.15, -0.1) is 0 Å². The zero-order valence-electron chi connectivity index (χ0n) is 11.6. The molecule has 20 heavy (non-hydrogen) atoms. The molecule has 1 N–H and O–H groups in total. The predicted molar refractivity (Wildman–Crippen MR) is 81.0 cm³/mol. The smallest absolute Gasteiger partial charge is 0.141 e. The Kier molecular flexibility index (Phi) is 3.29. The van der Waals surface area contributed by atoms with Gasteiger partial charge >= 0.3 is 0 Å². The van der Waals surface area contributed by atoms with Crippen molar-refractivity contribution in [1.29, 1.82) is 0 Å². The molecule has 0 saturated carbocycles. The fourth-order valence-corrected chi connectivity index (χ4v) is 2.39. The van der Waals surface area contributed by atoms with Crippen LogP contribution >= 0.6 is 0 Å². The van der Waals surface area contributed by atoms with Crippen LogP contribution in [0.3, 0.4) is 0 Å². The molecule has 0 spiro atoms. The molecule has 3 aromatic rings. The minimum absolute atomic E-state index is 0.668. The number of ether oxygens (including phenoxy) is 1. The molecule has 0 aliphatic rings. The summed E-state index contributed by atoms with van der Waals surface area (Å²) in [4.78, 5) is 0. The molecule has 2 aromatic carbocycles. The van der Waals surface area contributed by atoms with Gasteiger partial charge in [-0.1, -0.05) is 30.3 Å². The highest BCUT2D eigenvalue weighted by molar-refractivity contribution is 5.82. The molecule has 0 amide bonds. The van der Waals surface area contributed by atoms with Gasteiger partial charge in [-0.25, -0.2) is 0 Å². The van der Waals surface area contributed by atoms with E-state index in [9.17, 15) is 0 Å². The number of nitrogens with zero attached hydrogens (tertiary/aromatic N) is 2. The summed E-state index contributed by atoms with van der Waals surface area (Å²) in [6.45, 7) is 0.668. The van der Waals surface area contributed by atoms with Crippen LogP contribution in [0.2, 0.25) is 0 Å². The second-order valence-electron chi connectivity index (χ2n) is 4.64. The molecular weight excluding hydrogens is 250 g/mol. The lowest BCUT2D eigenvalue weighted by molar-refractivity contribution is 0.416. The summed E-state index contributed by atoms with van der Waals surface area (Å²) in [6, 6.07) is 16.1. The van der Waals surface area contributed by atoms with Crippen molar-refractivity contribution in [3.63, 3.8) is 0 Å². The summed E-state index contributed by atoms with van der Waals surface area (Å²) in [5.74, 6) is 0.840. The Morgan fingerprint density at radius 1 is 1.10 bits per heavy atom. The van der Waals surface area contributed by atoms with E-state index in [4.69, 9.17) is 4.74 Å². The van der Waals surface area contributed by atoms with Gasteiger partial charge in [0.1, 0.15) is 5.75 Å². The molecule has 1 heterocycles. The van der Waals surface area contributed by atoms with E-state index in [-0.39, 0.29) is 0 Å². The van der Waals surface area contributed by atoms with Crippen LogP contribution in [-0.4, -0.2) is 16.9 Å². The molecule has 0 fully saturated rings. The molecule has 0 aliphatic carbocycles. The van der Waals surface area contributed by atoms with E-state index >= 15 is 0 Å². The summed E-state index contributed by atoms with van der Waals surface area (Å²) in [7, 11) is 3.64. The van der Waals surface area contributed by atoms with Gasteiger partial charge in [-0.3, -0.25) is 4.68 Å². The first kappa shape index (κ1) is 12.5. The lowest BCUT2D eigenvalue weighted by atomic mass is 10.2. The van der Waals surface area contributed by atoms with Crippen LogP contribution in [0.25, 0.3) is 10.9 Å². The van der Waals surface area contributed by atoms with Crippen molar-refractivity contribution in [3.8, 4) is 5.75 Å². The largest absolute Gasteiger partial charge is 0.495 e. The second-order valence-corrected chi connectivity index (χ2v) is 4.64. The SMILES string of the molecule is COc1ccccc1NCc1nn(C)c2ccccc12. The predicted octanol–water partition coefficient (Wildman–Crippen LogP) is 3.19. The van der Waals surface area contributed by atoms with E-state index < -0.39 is 0 Å². The molecule has 0 aliphatic heterocycles. The summed E-state index contributed by atoms with van der Waals surface area (Å²) < 4.78 is 7.25. The van der Waals surface area contributed by atoms with Crippen molar-refractivity contribution in [1.82, 2.24) is 9.78 Å². The number of hydrogen-bond acceptors (Lipinski definition) is 3. The lowest BCUT2D eigenvalue weighted by Gasteiger charge is -2.09. The normalized spacial score (nSPS) is 10.7. The summed E-state index contributed by atoms with van der Waals surface area (Å²) in [5, 5.41) is 9.14. The zero-order chi connectivity index (χ0) is 13.9. The monoisotopic (exact) mass is 267 g/mol. The van der Waals surface area contributed by atoms with Crippen LogP contribution < -0.4 is 10.1 Å². The van der Waals surface area contributed by atoms with Crippen LogP contribution in [0.15, 0.2) is 48.5 Å². The molecule has 4 heteroatoms. The lowest BCUT2D eigenvalue weighted by Crippen LogP contribution is -2.02. The maximum absolute atomic E-state index is 5.34. The number of aryl methyl sites for hydroxylation is 1. The molecule has 0 radical (unpaired) electrons. The first-order chi connectivity index (χ1) is 9.79. The third-order valence-electron chi connectivity index (χ3n) is 3.39. The molecule has 0 saturated heterocycles. The highest BCUT2D eigenvalue weighted by atomic mass is 16.5. The average molecular weight is 267 g/mol. The third kappa shape index (κ3) is 2.20. The Labute approximate surface area is 118 Å². The Bertz CT molecular complexity index is 733. The van der Waals surface area contributed by atoms with Crippen LogP contribution in [0, 0.1) is 0 Å². The quantitative estimate of drug-likeness (QED) is 0.789. The van der Waals surface area contributed by atoms with Crippen molar-refractivity contribution in [2.75, 3.05) is 12.4 Å². The Morgan fingerprint density at radius 3 is 2.70 bits per heavy atom. The van der Waals surface area contributed by atoms with E-state index in [1.807, 2.05) is 48.1 Å². The number of benzene rings is 2. The molecule has 4 nitrogen and oxygen atoms in total. The van der Waals surface area contributed by atoms with Gasteiger partial charge in [0.05, 0.1) is 30.6 Å². The van der Waals surface area contributed by atoms with Crippen molar-refractivity contribution in [3.05, 3.63) is 54.2 Å². The number of aromatic nitrogens is 2. The summed E-state index contributed by atoms with van der Waals surface area (Å²) >= 11 is 0. The zero-order valence-corrected chi connectivity index (χ0v) is 11.6. The molecule has 102 valence electrons. The number of hydrogen-bond donors (Lipinski definition) is 1. The Hall–Kier alpha value is -2.49. The number of fused-ring (bicyclic) bond motifs is 1. The third-order valence-corrected chi connectivity index (χ3v) is 3.39. The van der Waals surface area contributed by atoms with E-state index in [0.29, 0.717) is 6.54 Å². The van der Waals surface area contributed by atoms with Gasteiger partial charge in [0, 0.05) is 12.4 Å². The molecule has 1 aromatic heterocycles. The van der Waals surface area contributed by atoms with Gasteiger partial charge in [-0.05, 0) is 18.2 Å². The van der Waals surface area contributed by atoms with Gasteiger partial charge in [0.2, 0.25) is 0 Å². The fraction of sp³-hybridized carbons (Fsp3) is 0.188. The molecule has 0 bridgehead atoms. The van der Waals surface area contributed by atoms with Gasteiger partial charge in [0.15, 0.2) is 0 Å². The van der Waals surface area contributed by atoms with Crippen LogP contribution in [0.4, 0.5) is 5.69 Å². The van der Waals surface area contributed by atoms with Crippen molar-refractivity contribution < 1.29 is 4.74 Å². The maximum atomic E-state index is 5.34.